The van der Waals surface area contributed by atoms with Gasteiger partial charge < -0.3 is 0 Å². The Hall–Kier alpha value is -1.72. The van der Waals surface area contributed by atoms with Gasteiger partial charge >= 0.3 is 0 Å². The molecule has 22 heavy (non-hydrogen) atoms. The molecule has 2 aromatic rings. The van der Waals surface area contributed by atoms with Crippen molar-refractivity contribution in [2.24, 2.45) is 0 Å². The molecule has 118 valence electrons. The zero-order valence-electron chi connectivity index (χ0n) is 13.0. The topological polar surface area (TPSA) is 37.4 Å². The zero-order valence-corrected chi connectivity index (χ0v) is 13.8. The van der Waals surface area contributed by atoms with E-state index in [2.05, 4.69) is 11.8 Å². The van der Waals surface area contributed by atoms with Crippen LogP contribution in [0.5, 0.6) is 0 Å². The summed E-state index contributed by atoms with van der Waals surface area (Å²) in [5, 5.41) is 0. The van der Waals surface area contributed by atoms with Gasteiger partial charge in [0, 0.05) is 18.8 Å². The van der Waals surface area contributed by atoms with Crippen molar-refractivity contribution in [3.63, 3.8) is 0 Å². The molecule has 0 heterocycles. The first-order chi connectivity index (χ1) is 10.3. The first-order valence-corrected chi connectivity index (χ1v) is 8.91. The van der Waals surface area contributed by atoms with Crippen molar-refractivity contribution >= 4 is 9.84 Å². The summed E-state index contributed by atoms with van der Waals surface area (Å²) in [6.07, 6.45) is 1.20. The normalized spacial score (nSPS) is 13.3. The van der Waals surface area contributed by atoms with Crippen LogP contribution in [0.15, 0.2) is 53.4 Å². The summed E-state index contributed by atoms with van der Waals surface area (Å²) in [5.74, 6) is -0.240. The number of hydrogen-bond donors (Lipinski definition) is 0. The molecule has 0 N–H and O–H groups in total. The maximum atomic E-state index is 12.9. The van der Waals surface area contributed by atoms with E-state index >= 15 is 0 Å². The summed E-state index contributed by atoms with van der Waals surface area (Å²) < 4.78 is 35.9. The van der Waals surface area contributed by atoms with Crippen molar-refractivity contribution in [3.05, 3.63) is 65.5 Å². The second-order valence-electron chi connectivity index (χ2n) is 5.56. The minimum absolute atomic E-state index is 0.124. The lowest BCUT2D eigenvalue weighted by Gasteiger charge is -2.25. The van der Waals surface area contributed by atoms with Gasteiger partial charge in [0.25, 0.3) is 0 Å². The molecule has 1 atom stereocenters. The average Bonchev–Trinajstić information content (AvgIpc) is 2.48. The van der Waals surface area contributed by atoms with Crippen molar-refractivity contribution in [2.45, 2.75) is 24.4 Å². The molecule has 5 heteroatoms. The predicted octanol–water partition coefficient (Wildman–Crippen LogP) is 3.42. The van der Waals surface area contributed by atoms with Crippen LogP contribution in [0.2, 0.25) is 0 Å². The molecule has 0 unspecified atom stereocenters. The van der Waals surface area contributed by atoms with E-state index in [4.69, 9.17) is 0 Å². The Morgan fingerprint density at radius 1 is 1.05 bits per heavy atom. The van der Waals surface area contributed by atoms with Crippen molar-refractivity contribution in [2.75, 3.05) is 13.3 Å². The van der Waals surface area contributed by atoms with Crippen LogP contribution in [0.25, 0.3) is 0 Å². The lowest BCUT2D eigenvalue weighted by molar-refractivity contribution is 0.253. The molecule has 0 fully saturated rings. The third kappa shape index (κ3) is 4.15. The van der Waals surface area contributed by atoms with E-state index in [9.17, 15) is 12.8 Å². The molecule has 0 radical (unpaired) electrons. The Bertz CT molecular complexity index is 724. The smallest absolute Gasteiger partial charge is 0.175 e. The monoisotopic (exact) mass is 321 g/mol. The number of rotatable bonds is 5. The molecule has 0 saturated heterocycles. The lowest BCUT2D eigenvalue weighted by atomic mass is 10.1. The number of sulfone groups is 1. The van der Waals surface area contributed by atoms with Crippen LogP contribution in [-0.2, 0) is 16.4 Å². The van der Waals surface area contributed by atoms with E-state index < -0.39 is 9.84 Å². The molecule has 0 amide bonds. The molecule has 0 spiro atoms. The van der Waals surface area contributed by atoms with E-state index in [1.807, 2.05) is 19.2 Å². The van der Waals surface area contributed by atoms with Gasteiger partial charge in [0.1, 0.15) is 5.82 Å². The molecule has 0 aromatic heterocycles. The lowest BCUT2D eigenvalue weighted by Crippen LogP contribution is -2.22. The molecule has 3 nitrogen and oxygen atoms in total. The van der Waals surface area contributed by atoms with Crippen LogP contribution in [-0.4, -0.2) is 26.6 Å². The molecule has 0 bridgehead atoms. The Labute approximate surface area is 131 Å². The van der Waals surface area contributed by atoms with Crippen LogP contribution in [0.4, 0.5) is 4.39 Å². The van der Waals surface area contributed by atoms with Crippen LogP contribution >= 0.6 is 0 Å². The number of nitrogens with zero attached hydrogens (tertiary/aromatic N) is 1. The van der Waals surface area contributed by atoms with Crippen LogP contribution in [0.1, 0.15) is 24.1 Å². The molecule has 0 saturated carbocycles. The second-order valence-corrected chi connectivity index (χ2v) is 7.57. The van der Waals surface area contributed by atoms with Gasteiger partial charge in [-0.25, -0.2) is 12.8 Å². The maximum Gasteiger partial charge on any atom is 0.175 e. The van der Waals surface area contributed by atoms with E-state index in [1.54, 1.807) is 24.3 Å². The Morgan fingerprint density at radius 2 is 1.59 bits per heavy atom. The van der Waals surface area contributed by atoms with Gasteiger partial charge in [-0.1, -0.05) is 24.3 Å². The SMILES string of the molecule is C[C@H](c1ccc(S(C)(=O)=O)cc1)N(C)Cc1ccc(F)cc1. The molecule has 0 aliphatic rings. The van der Waals surface area contributed by atoms with E-state index in [1.165, 1.54) is 18.4 Å². The quantitative estimate of drug-likeness (QED) is 0.847. The van der Waals surface area contributed by atoms with Crippen molar-refractivity contribution < 1.29 is 12.8 Å². The maximum absolute atomic E-state index is 12.9. The Kier molecular flexibility index (Phi) is 4.98. The van der Waals surface area contributed by atoms with Gasteiger partial charge in [0.2, 0.25) is 0 Å². The largest absolute Gasteiger partial charge is 0.295 e. The summed E-state index contributed by atoms with van der Waals surface area (Å²) in [6, 6.07) is 13.5. The van der Waals surface area contributed by atoms with Crippen LogP contribution in [0.3, 0.4) is 0 Å². The summed E-state index contributed by atoms with van der Waals surface area (Å²) in [4.78, 5) is 2.45. The number of halogens is 1. The van der Waals surface area contributed by atoms with E-state index in [0.29, 0.717) is 11.4 Å². The Balaban J connectivity index is 2.10. The van der Waals surface area contributed by atoms with Gasteiger partial charge in [-0.05, 0) is 49.4 Å². The standard InChI is InChI=1S/C17H20FNO2S/c1-13(15-6-10-17(11-7-15)22(3,20)21)19(2)12-14-4-8-16(18)9-5-14/h4-11,13H,12H2,1-3H3/t13-/m1/s1. The van der Waals surface area contributed by atoms with Gasteiger partial charge in [-0.3, -0.25) is 4.90 Å². The summed E-state index contributed by atoms with van der Waals surface area (Å²) >= 11 is 0. The molecular formula is C17H20FNO2S. The second kappa shape index (κ2) is 6.58. The molecule has 0 aliphatic carbocycles. The predicted molar refractivity (Wildman–Crippen MR) is 85.8 cm³/mol. The van der Waals surface area contributed by atoms with Crippen molar-refractivity contribution in [1.82, 2.24) is 4.90 Å². The first-order valence-electron chi connectivity index (χ1n) is 7.02. The zero-order chi connectivity index (χ0) is 16.3. The Morgan fingerprint density at radius 3 is 2.09 bits per heavy atom. The highest BCUT2D eigenvalue weighted by Crippen LogP contribution is 2.22. The van der Waals surface area contributed by atoms with Crippen LogP contribution < -0.4 is 0 Å². The highest BCUT2D eigenvalue weighted by atomic mass is 32.2. The van der Waals surface area contributed by atoms with E-state index in [0.717, 1.165) is 11.1 Å². The van der Waals surface area contributed by atoms with Crippen molar-refractivity contribution in [3.8, 4) is 0 Å². The first kappa shape index (κ1) is 16.6. The fourth-order valence-electron chi connectivity index (χ4n) is 2.26. The minimum Gasteiger partial charge on any atom is -0.295 e. The third-order valence-corrected chi connectivity index (χ3v) is 4.93. The van der Waals surface area contributed by atoms with Crippen LogP contribution in [0, 0.1) is 5.82 Å². The van der Waals surface area contributed by atoms with Gasteiger partial charge in [0.05, 0.1) is 4.90 Å². The number of benzene rings is 2. The summed E-state index contributed by atoms with van der Waals surface area (Å²) in [6.45, 7) is 2.74. The molecule has 2 rings (SSSR count). The van der Waals surface area contributed by atoms with Crippen molar-refractivity contribution in [1.29, 1.82) is 0 Å². The molecular weight excluding hydrogens is 301 g/mol. The number of hydrogen-bond acceptors (Lipinski definition) is 3. The van der Waals surface area contributed by atoms with E-state index in [-0.39, 0.29) is 11.9 Å². The molecule has 0 aliphatic heterocycles. The third-order valence-electron chi connectivity index (χ3n) is 3.80. The fraction of sp³-hybridized carbons (Fsp3) is 0.294. The highest BCUT2D eigenvalue weighted by molar-refractivity contribution is 7.90. The van der Waals surface area contributed by atoms with Gasteiger partial charge in [-0.2, -0.15) is 0 Å². The summed E-state index contributed by atoms with van der Waals surface area (Å²) in [5.41, 5.74) is 2.07. The summed E-state index contributed by atoms with van der Waals surface area (Å²) in [7, 11) is -1.18. The van der Waals surface area contributed by atoms with Gasteiger partial charge in [0.15, 0.2) is 9.84 Å². The minimum atomic E-state index is -3.17. The van der Waals surface area contributed by atoms with Gasteiger partial charge in [-0.15, -0.1) is 0 Å². The molecule has 2 aromatic carbocycles. The fourth-order valence-corrected chi connectivity index (χ4v) is 2.89. The average molecular weight is 321 g/mol. The highest BCUT2D eigenvalue weighted by Gasteiger charge is 2.13.